The number of rotatable bonds is 7. The number of aryl methyl sites for hydroxylation is 2. The zero-order valence-corrected chi connectivity index (χ0v) is 14.6. The van der Waals surface area contributed by atoms with Crippen LogP contribution in [0.25, 0.3) is 0 Å². The van der Waals surface area contributed by atoms with Crippen molar-refractivity contribution in [3.63, 3.8) is 0 Å². The van der Waals surface area contributed by atoms with Crippen molar-refractivity contribution in [1.29, 1.82) is 0 Å². The van der Waals surface area contributed by atoms with E-state index in [-0.39, 0.29) is 36.6 Å². The minimum absolute atomic E-state index is 0.0174. The maximum absolute atomic E-state index is 12.2. The lowest BCUT2D eigenvalue weighted by molar-refractivity contribution is -0.122. The molecule has 1 fully saturated rings. The number of Topliss-reactive ketones (excluding diaryl/α,β-unsaturated/α-hetero) is 1. The van der Waals surface area contributed by atoms with Gasteiger partial charge in [-0.2, -0.15) is 0 Å². The van der Waals surface area contributed by atoms with Crippen molar-refractivity contribution in [2.24, 2.45) is 5.41 Å². The largest absolute Gasteiger partial charge is 0.396 e. The summed E-state index contributed by atoms with van der Waals surface area (Å²) in [6.07, 6.45) is 1.85. The van der Waals surface area contributed by atoms with Gasteiger partial charge in [0.25, 0.3) is 0 Å². The standard InChI is InChI=1S/C19H27NO4/c1-14-3-4-16(11-15(14)2)17(22)5-6-18(23)20-12-19(13-21)7-9-24-10-8-19/h3-4,11,21H,5-10,12-13H2,1-2H3,(H,20,23). The van der Waals surface area contributed by atoms with Gasteiger partial charge in [0.1, 0.15) is 0 Å². The second-order valence-electron chi connectivity index (χ2n) is 6.77. The molecule has 0 aliphatic carbocycles. The molecule has 2 N–H and O–H groups in total. The Labute approximate surface area is 143 Å². The van der Waals surface area contributed by atoms with E-state index in [0.29, 0.717) is 25.3 Å². The fourth-order valence-corrected chi connectivity index (χ4v) is 2.86. The Bertz CT molecular complexity index is 591. The first kappa shape index (κ1) is 18.6. The minimum Gasteiger partial charge on any atom is -0.396 e. The molecule has 0 aromatic heterocycles. The molecule has 1 aliphatic heterocycles. The Hall–Kier alpha value is -1.72. The fraction of sp³-hybridized carbons (Fsp3) is 0.579. The summed E-state index contributed by atoms with van der Waals surface area (Å²) in [6.45, 7) is 5.68. The molecule has 0 saturated carbocycles. The second-order valence-corrected chi connectivity index (χ2v) is 6.77. The van der Waals surface area contributed by atoms with E-state index in [1.54, 1.807) is 0 Å². The van der Waals surface area contributed by atoms with E-state index < -0.39 is 0 Å². The minimum atomic E-state index is -0.286. The van der Waals surface area contributed by atoms with Crippen LogP contribution in [0.1, 0.15) is 47.2 Å². The molecule has 1 aliphatic rings. The van der Waals surface area contributed by atoms with Crippen molar-refractivity contribution in [3.8, 4) is 0 Å². The summed E-state index contributed by atoms with van der Waals surface area (Å²) in [7, 11) is 0. The van der Waals surface area contributed by atoms with Crippen molar-refractivity contribution >= 4 is 11.7 Å². The molecular weight excluding hydrogens is 306 g/mol. The van der Waals surface area contributed by atoms with Gasteiger partial charge in [0, 0.05) is 43.6 Å². The highest BCUT2D eigenvalue weighted by Crippen LogP contribution is 2.29. The fourth-order valence-electron chi connectivity index (χ4n) is 2.86. The van der Waals surface area contributed by atoms with Crippen molar-refractivity contribution in [2.45, 2.75) is 39.5 Å². The number of carbonyl (C=O) groups is 2. The van der Waals surface area contributed by atoms with Crippen LogP contribution in [0.4, 0.5) is 0 Å². The quantitative estimate of drug-likeness (QED) is 0.750. The molecule has 0 radical (unpaired) electrons. The number of carbonyl (C=O) groups excluding carboxylic acids is 2. The normalized spacial score (nSPS) is 16.6. The monoisotopic (exact) mass is 333 g/mol. The molecule has 132 valence electrons. The number of ketones is 1. The summed E-state index contributed by atoms with van der Waals surface area (Å²) in [4.78, 5) is 24.2. The molecule has 0 unspecified atom stereocenters. The third kappa shape index (κ3) is 4.89. The van der Waals surface area contributed by atoms with Crippen LogP contribution in [0, 0.1) is 19.3 Å². The van der Waals surface area contributed by atoms with Crippen LogP contribution >= 0.6 is 0 Å². The predicted octanol–water partition coefficient (Wildman–Crippen LogP) is 2.17. The molecule has 5 heteroatoms. The number of benzene rings is 1. The number of aliphatic hydroxyl groups is 1. The summed E-state index contributed by atoms with van der Waals surface area (Å²) in [5.74, 6) is -0.164. The van der Waals surface area contributed by atoms with Crippen LogP contribution in [0.3, 0.4) is 0 Å². The second kappa shape index (κ2) is 8.40. The van der Waals surface area contributed by atoms with Gasteiger partial charge < -0.3 is 15.2 Å². The molecule has 1 saturated heterocycles. The molecule has 0 atom stereocenters. The first-order valence-electron chi connectivity index (χ1n) is 8.51. The lowest BCUT2D eigenvalue weighted by Gasteiger charge is -2.35. The van der Waals surface area contributed by atoms with Crippen LogP contribution < -0.4 is 5.32 Å². The maximum atomic E-state index is 12.2. The highest BCUT2D eigenvalue weighted by Gasteiger charge is 2.32. The van der Waals surface area contributed by atoms with Gasteiger partial charge >= 0.3 is 0 Å². The first-order chi connectivity index (χ1) is 11.5. The molecule has 24 heavy (non-hydrogen) atoms. The Kier molecular flexibility index (Phi) is 6.52. The Balaban J connectivity index is 1.80. The summed E-state index contributed by atoms with van der Waals surface area (Å²) in [5.41, 5.74) is 2.60. The summed E-state index contributed by atoms with van der Waals surface area (Å²) < 4.78 is 5.31. The number of ether oxygens (including phenoxy) is 1. The zero-order chi connectivity index (χ0) is 17.6. The zero-order valence-electron chi connectivity index (χ0n) is 14.6. The molecule has 1 aromatic rings. The number of hydrogen-bond donors (Lipinski definition) is 2. The van der Waals surface area contributed by atoms with Crippen molar-refractivity contribution in [2.75, 3.05) is 26.4 Å². The van der Waals surface area contributed by atoms with E-state index in [9.17, 15) is 14.7 Å². The molecule has 0 bridgehead atoms. The van der Waals surface area contributed by atoms with E-state index in [4.69, 9.17) is 4.74 Å². The molecular formula is C19H27NO4. The summed E-state index contributed by atoms with van der Waals surface area (Å²) >= 11 is 0. The summed E-state index contributed by atoms with van der Waals surface area (Å²) in [5, 5.41) is 12.5. The summed E-state index contributed by atoms with van der Waals surface area (Å²) in [6, 6.07) is 5.61. The van der Waals surface area contributed by atoms with E-state index in [0.717, 1.165) is 24.0 Å². The van der Waals surface area contributed by atoms with Gasteiger partial charge in [-0.25, -0.2) is 0 Å². The van der Waals surface area contributed by atoms with E-state index in [1.165, 1.54) is 0 Å². The van der Waals surface area contributed by atoms with Crippen molar-refractivity contribution in [1.82, 2.24) is 5.32 Å². The number of aliphatic hydroxyl groups excluding tert-OH is 1. The van der Waals surface area contributed by atoms with Gasteiger partial charge in [-0.15, -0.1) is 0 Å². The van der Waals surface area contributed by atoms with Gasteiger partial charge in [-0.1, -0.05) is 12.1 Å². The molecule has 1 amide bonds. The molecule has 0 spiro atoms. The van der Waals surface area contributed by atoms with E-state index in [1.807, 2.05) is 32.0 Å². The highest BCUT2D eigenvalue weighted by atomic mass is 16.5. The molecule has 5 nitrogen and oxygen atoms in total. The van der Waals surface area contributed by atoms with E-state index in [2.05, 4.69) is 5.32 Å². The number of amides is 1. The van der Waals surface area contributed by atoms with Gasteiger partial charge in [0.05, 0.1) is 6.61 Å². The lowest BCUT2D eigenvalue weighted by Crippen LogP contribution is -2.43. The van der Waals surface area contributed by atoms with Crippen LogP contribution in [-0.4, -0.2) is 43.2 Å². The Morgan fingerprint density at radius 2 is 1.88 bits per heavy atom. The van der Waals surface area contributed by atoms with Gasteiger partial charge in [0.2, 0.25) is 5.91 Å². The number of nitrogens with one attached hydrogen (secondary N) is 1. The Morgan fingerprint density at radius 1 is 1.17 bits per heavy atom. The average Bonchev–Trinajstić information content (AvgIpc) is 2.61. The van der Waals surface area contributed by atoms with Crippen LogP contribution in [0.5, 0.6) is 0 Å². The smallest absolute Gasteiger partial charge is 0.220 e. The first-order valence-corrected chi connectivity index (χ1v) is 8.51. The third-order valence-electron chi connectivity index (χ3n) is 4.96. The van der Waals surface area contributed by atoms with Crippen molar-refractivity contribution < 1.29 is 19.4 Å². The maximum Gasteiger partial charge on any atom is 0.220 e. The predicted molar refractivity (Wildman–Crippen MR) is 92.1 cm³/mol. The third-order valence-corrected chi connectivity index (χ3v) is 4.96. The lowest BCUT2D eigenvalue weighted by atomic mass is 9.81. The Morgan fingerprint density at radius 3 is 2.50 bits per heavy atom. The van der Waals surface area contributed by atoms with Crippen LogP contribution in [-0.2, 0) is 9.53 Å². The van der Waals surface area contributed by atoms with E-state index >= 15 is 0 Å². The molecule has 1 heterocycles. The molecule has 2 rings (SSSR count). The number of hydrogen-bond acceptors (Lipinski definition) is 4. The van der Waals surface area contributed by atoms with Gasteiger partial charge in [-0.3, -0.25) is 9.59 Å². The van der Waals surface area contributed by atoms with Gasteiger partial charge in [0.15, 0.2) is 5.78 Å². The van der Waals surface area contributed by atoms with Gasteiger partial charge in [-0.05, 0) is 43.9 Å². The SMILES string of the molecule is Cc1ccc(C(=O)CCC(=O)NCC2(CO)CCOCC2)cc1C. The average molecular weight is 333 g/mol. The van der Waals surface area contributed by atoms with Crippen molar-refractivity contribution in [3.05, 3.63) is 34.9 Å². The van der Waals surface area contributed by atoms with Crippen LogP contribution in [0.15, 0.2) is 18.2 Å². The topological polar surface area (TPSA) is 75.6 Å². The van der Waals surface area contributed by atoms with Crippen LogP contribution in [0.2, 0.25) is 0 Å². The highest BCUT2D eigenvalue weighted by molar-refractivity contribution is 5.98. The molecule has 1 aromatic carbocycles.